The van der Waals surface area contributed by atoms with Crippen molar-refractivity contribution >= 4 is 11.9 Å². The Morgan fingerprint density at radius 1 is 1.43 bits per heavy atom. The summed E-state index contributed by atoms with van der Waals surface area (Å²) < 4.78 is 9.47. The molecule has 1 saturated heterocycles. The van der Waals surface area contributed by atoms with Crippen LogP contribution in [0.5, 0.6) is 0 Å². The minimum Gasteiger partial charge on any atom is -0.451 e. The van der Waals surface area contributed by atoms with Crippen LogP contribution in [-0.2, 0) is 19.1 Å². The Balaban J connectivity index is 2.24. The third-order valence-electron chi connectivity index (χ3n) is 1.99. The number of hydrogen-bond acceptors (Lipinski definition) is 4. The second-order valence-electron chi connectivity index (χ2n) is 3.16. The van der Waals surface area contributed by atoms with Gasteiger partial charge in [-0.1, -0.05) is 6.08 Å². The lowest BCUT2D eigenvalue weighted by atomic mass is 10.1. The zero-order valence-electron chi connectivity index (χ0n) is 8.03. The van der Waals surface area contributed by atoms with Crippen molar-refractivity contribution in [3.8, 4) is 0 Å². The standard InChI is InChI=1S/C10H14O4/c1-2-3-4-5-6-8-10(12)13-7-9(11)14-8/h2,8H,1,3-7H2. The highest BCUT2D eigenvalue weighted by atomic mass is 16.6. The van der Waals surface area contributed by atoms with Gasteiger partial charge in [-0.05, 0) is 25.7 Å². The summed E-state index contributed by atoms with van der Waals surface area (Å²) in [5.74, 6) is -0.887. The van der Waals surface area contributed by atoms with E-state index in [0.717, 1.165) is 19.3 Å². The first-order valence-electron chi connectivity index (χ1n) is 4.71. The largest absolute Gasteiger partial charge is 0.451 e. The Morgan fingerprint density at radius 2 is 2.21 bits per heavy atom. The van der Waals surface area contributed by atoms with Crippen LogP contribution >= 0.6 is 0 Å². The van der Waals surface area contributed by atoms with Crippen LogP contribution in [0.1, 0.15) is 25.7 Å². The van der Waals surface area contributed by atoms with Crippen LogP contribution in [0.2, 0.25) is 0 Å². The van der Waals surface area contributed by atoms with Crippen LogP contribution in [0.4, 0.5) is 0 Å². The van der Waals surface area contributed by atoms with Gasteiger partial charge >= 0.3 is 11.9 Å². The minimum absolute atomic E-state index is 0.248. The second kappa shape index (κ2) is 5.42. The van der Waals surface area contributed by atoms with Gasteiger partial charge in [0, 0.05) is 0 Å². The molecule has 1 aliphatic rings. The topological polar surface area (TPSA) is 52.6 Å². The van der Waals surface area contributed by atoms with Crippen LogP contribution in [0.3, 0.4) is 0 Å². The highest BCUT2D eigenvalue weighted by Crippen LogP contribution is 2.12. The molecule has 1 heterocycles. The summed E-state index contributed by atoms with van der Waals surface area (Å²) >= 11 is 0. The molecule has 1 rings (SSSR count). The van der Waals surface area contributed by atoms with Crippen molar-refractivity contribution in [3.05, 3.63) is 12.7 Å². The van der Waals surface area contributed by atoms with Gasteiger partial charge in [0.15, 0.2) is 12.7 Å². The molecule has 0 radical (unpaired) electrons. The van der Waals surface area contributed by atoms with Crippen LogP contribution < -0.4 is 0 Å². The van der Waals surface area contributed by atoms with E-state index >= 15 is 0 Å². The number of carbonyl (C=O) groups excluding carboxylic acids is 2. The van der Waals surface area contributed by atoms with E-state index in [1.165, 1.54) is 0 Å². The molecule has 78 valence electrons. The number of unbranched alkanes of at least 4 members (excludes halogenated alkanes) is 2. The molecule has 1 atom stereocenters. The third-order valence-corrected chi connectivity index (χ3v) is 1.99. The van der Waals surface area contributed by atoms with Gasteiger partial charge in [0.1, 0.15) is 0 Å². The summed E-state index contributed by atoms with van der Waals surface area (Å²) in [6, 6.07) is 0. The minimum atomic E-state index is -0.693. The van der Waals surface area contributed by atoms with Crippen molar-refractivity contribution in [2.45, 2.75) is 31.8 Å². The number of esters is 2. The maximum absolute atomic E-state index is 11.1. The van der Waals surface area contributed by atoms with Gasteiger partial charge in [-0.3, -0.25) is 0 Å². The molecule has 0 saturated carbocycles. The molecular weight excluding hydrogens is 184 g/mol. The molecule has 0 aliphatic carbocycles. The summed E-state index contributed by atoms with van der Waals surface area (Å²) in [4.78, 5) is 21.9. The normalized spacial score (nSPS) is 21.3. The van der Waals surface area contributed by atoms with Gasteiger partial charge in [-0.2, -0.15) is 0 Å². The van der Waals surface area contributed by atoms with E-state index in [4.69, 9.17) is 4.74 Å². The van der Waals surface area contributed by atoms with Crippen LogP contribution in [0.25, 0.3) is 0 Å². The van der Waals surface area contributed by atoms with E-state index < -0.39 is 18.0 Å². The average molecular weight is 198 g/mol. The fraction of sp³-hybridized carbons (Fsp3) is 0.600. The molecule has 0 amide bonds. The first kappa shape index (κ1) is 10.8. The van der Waals surface area contributed by atoms with Gasteiger partial charge in [0.05, 0.1) is 0 Å². The van der Waals surface area contributed by atoms with Crippen molar-refractivity contribution in [3.63, 3.8) is 0 Å². The summed E-state index contributed by atoms with van der Waals surface area (Å²) in [5, 5.41) is 0. The van der Waals surface area contributed by atoms with Crippen molar-refractivity contribution in [2.24, 2.45) is 0 Å². The van der Waals surface area contributed by atoms with Gasteiger partial charge in [0.2, 0.25) is 0 Å². The summed E-state index contributed by atoms with van der Waals surface area (Å²) in [5.41, 5.74) is 0. The van der Waals surface area contributed by atoms with E-state index in [1.807, 2.05) is 6.08 Å². The van der Waals surface area contributed by atoms with Crippen molar-refractivity contribution < 1.29 is 19.1 Å². The Labute approximate surface area is 82.9 Å². The molecule has 0 spiro atoms. The Bertz CT molecular complexity index is 234. The number of ether oxygens (including phenoxy) is 2. The summed E-state index contributed by atoms with van der Waals surface area (Å²) in [7, 11) is 0. The van der Waals surface area contributed by atoms with Crippen molar-refractivity contribution in [2.75, 3.05) is 6.61 Å². The van der Waals surface area contributed by atoms with Gasteiger partial charge < -0.3 is 9.47 Å². The molecule has 0 aromatic carbocycles. The zero-order chi connectivity index (χ0) is 10.4. The predicted molar refractivity (Wildman–Crippen MR) is 49.5 cm³/mol. The number of cyclic esters (lactones) is 2. The molecule has 14 heavy (non-hydrogen) atoms. The first-order valence-corrected chi connectivity index (χ1v) is 4.71. The van der Waals surface area contributed by atoms with Gasteiger partial charge in [-0.15, -0.1) is 6.58 Å². The van der Waals surface area contributed by atoms with Crippen LogP contribution in [0.15, 0.2) is 12.7 Å². The highest BCUT2D eigenvalue weighted by Gasteiger charge is 2.29. The first-order chi connectivity index (χ1) is 6.74. The average Bonchev–Trinajstić information content (AvgIpc) is 2.18. The van der Waals surface area contributed by atoms with Crippen molar-refractivity contribution in [1.82, 2.24) is 0 Å². The van der Waals surface area contributed by atoms with Crippen molar-refractivity contribution in [1.29, 1.82) is 0 Å². The molecule has 0 bridgehead atoms. The number of rotatable bonds is 5. The van der Waals surface area contributed by atoms with E-state index in [-0.39, 0.29) is 6.61 Å². The molecular formula is C10H14O4. The lowest BCUT2D eigenvalue weighted by molar-refractivity contribution is -0.185. The Hall–Kier alpha value is -1.32. The lowest BCUT2D eigenvalue weighted by Gasteiger charge is -2.20. The number of carbonyl (C=O) groups is 2. The van der Waals surface area contributed by atoms with Crippen LogP contribution in [0, 0.1) is 0 Å². The molecule has 4 heteroatoms. The smallest absolute Gasteiger partial charge is 0.348 e. The molecule has 1 fully saturated rings. The SMILES string of the molecule is C=CCCCCC1OC(=O)COC1=O. The summed E-state index contributed by atoms with van der Waals surface area (Å²) in [6.45, 7) is 3.35. The highest BCUT2D eigenvalue weighted by molar-refractivity contribution is 5.85. The van der Waals surface area contributed by atoms with E-state index in [9.17, 15) is 9.59 Å². The fourth-order valence-corrected chi connectivity index (χ4v) is 1.26. The van der Waals surface area contributed by atoms with Gasteiger partial charge in [0.25, 0.3) is 0 Å². The molecule has 1 aliphatic heterocycles. The molecule has 0 aromatic rings. The number of allylic oxidation sites excluding steroid dienone is 1. The van der Waals surface area contributed by atoms with E-state index in [2.05, 4.69) is 11.3 Å². The second-order valence-corrected chi connectivity index (χ2v) is 3.16. The Kier molecular flexibility index (Phi) is 4.16. The molecule has 1 unspecified atom stereocenters. The van der Waals surface area contributed by atoms with Gasteiger partial charge in [-0.25, -0.2) is 9.59 Å². The maximum Gasteiger partial charge on any atom is 0.348 e. The maximum atomic E-state index is 11.1. The van der Waals surface area contributed by atoms with E-state index in [0.29, 0.717) is 6.42 Å². The molecule has 4 nitrogen and oxygen atoms in total. The zero-order valence-corrected chi connectivity index (χ0v) is 8.03. The fourth-order valence-electron chi connectivity index (χ4n) is 1.26. The quantitative estimate of drug-likeness (QED) is 0.378. The predicted octanol–water partition coefficient (Wildman–Crippen LogP) is 1.20. The third kappa shape index (κ3) is 3.20. The van der Waals surface area contributed by atoms with Crippen LogP contribution in [-0.4, -0.2) is 24.6 Å². The molecule has 0 aromatic heterocycles. The monoisotopic (exact) mass is 198 g/mol. The number of hydrogen-bond donors (Lipinski definition) is 0. The summed E-state index contributed by atoms with van der Waals surface area (Å²) in [6.07, 6.45) is 4.37. The molecule has 0 N–H and O–H groups in total. The van der Waals surface area contributed by atoms with E-state index in [1.54, 1.807) is 0 Å². The lowest BCUT2D eigenvalue weighted by Crippen LogP contribution is -2.37. The Morgan fingerprint density at radius 3 is 2.93 bits per heavy atom.